The highest BCUT2D eigenvalue weighted by atomic mass is 79.9. The predicted molar refractivity (Wildman–Crippen MR) is 104 cm³/mol. The van der Waals surface area contributed by atoms with Crippen LogP contribution in [-0.4, -0.2) is 49.3 Å². The Hall–Kier alpha value is -1.34. The van der Waals surface area contributed by atoms with Gasteiger partial charge in [-0.05, 0) is 59.7 Å². The molecular formula is C18H21BrClN3O2. The number of morpholine rings is 1. The van der Waals surface area contributed by atoms with Gasteiger partial charge in [0.15, 0.2) is 0 Å². The number of hydrogen-bond donors (Lipinski definition) is 1. The lowest BCUT2D eigenvalue weighted by Gasteiger charge is -2.30. The van der Waals surface area contributed by atoms with Crippen LogP contribution in [0.25, 0.3) is 0 Å². The van der Waals surface area contributed by atoms with Crippen molar-refractivity contribution in [3.05, 3.63) is 45.5 Å². The third-order valence-electron chi connectivity index (χ3n) is 3.94. The third-order valence-corrected chi connectivity index (χ3v) is 4.78. The van der Waals surface area contributed by atoms with E-state index in [2.05, 4.69) is 38.2 Å². The van der Waals surface area contributed by atoms with Gasteiger partial charge in [0.2, 0.25) is 0 Å². The van der Waals surface area contributed by atoms with Gasteiger partial charge in [-0.2, -0.15) is 0 Å². The first-order chi connectivity index (χ1) is 12.0. The van der Waals surface area contributed by atoms with Gasteiger partial charge in [-0.3, -0.25) is 0 Å². The fourth-order valence-electron chi connectivity index (χ4n) is 2.63. The lowest BCUT2D eigenvalue weighted by Crippen LogP contribution is -2.42. The summed E-state index contributed by atoms with van der Waals surface area (Å²) in [6.07, 6.45) is 1.87. The van der Waals surface area contributed by atoms with Crippen molar-refractivity contribution in [3.63, 3.8) is 0 Å². The van der Waals surface area contributed by atoms with Gasteiger partial charge in [0.05, 0.1) is 16.8 Å². The highest BCUT2D eigenvalue weighted by molar-refractivity contribution is 9.10. The zero-order valence-corrected chi connectivity index (χ0v) is 16.6. The fourth-order valence-corrected chi connectivity index (χ4v) is 3.36. The second-order valence-electron chi connectivity index (χ2n) is 6.17. The average molecular weight is 427 g/mol. The molecule has 1 atom stereocenters. The van der Waals surface area contributed by atoms with Crippen LogP contribution in [0.15, 0.2) is 34.9 Å². The number of nitrogens with zero attached hydrogens (tertiary/aromatic N) is 2. The van der Waals surface area contributed by atoms with E-state index in [-0.39, 0.29) is 6.10 Å². The number of ether oxygens (including phenoxy) is 2. The summed E-state index contributed by atoms with van der Waals surface area (Å²) in [5, 5.41) is 3.92. The van der Waals surface area contributed by atoms with Gasteiger partial charge in [0.25, 0.3) is 0 Å². The summed E-state index contributed by atoms with van der Waals surface area (Å²) in [6, 6.07) is 7.51. The van der Waals surface area contributed by atoms with Crippen LogP contribution in [0.1, 0.15) is 5.56 Å². The first-order valence-corrected chi connectivity index (χ1v) is 9.30. The van der Waals surface area contributed by atoms with Crippen LogP contribution in [-0.2, 0) is 4.74 Å². The van der Waals surface area contributed by atoms with Gasteiger partial charge in [0.1, 0.15) is 24.3 Å². The Balaban J connectivity index is 1.73. The van der Waals surface area contributed by atoms with Crippen LogP contribution in [0.4, 0.5) is 11.5 Å². The maximum absolute atomic E-state index is 6.16. The molecule has 5 nitrogen and oxygen atoms in total. The predicted octanol–water partition coefficient (Wildman–Crippen LogP) is 4.26. The minimum absolute atomic E-state index is 0.0616. The Bertz CT molecular complexity index is 744. The summed E-state index contributed by atoms with van der Waals surface area (Å²) >= 11 is 9.69. The van der Waals surface area contributed by atoms with Gasteiger partial charge in [-0.25, -0.2) is 4.98 Å². The summed E-state index contributed by atoms with van der Waals surface area (Å²) in [5.41, 5.74) is 1.85. The second-order valence-corrected chi connectivity index (χ2v) is 7.47. The van der Waals surface area contributed by atoms with E-state index in [4.69, 9.17) is 21.1 Å². The van der Waals surface area contributed by atoms with Crippen LogP contribution in [0.2, 0.25) is 5.02 Å². The first-order valence-electron chi connectivity index (χ1n) is 8.13. The van der Waals surface area contributed by atoms with Crippen LogP contribution in [0.3, 0.4) is 0 Å². The molecule has 1 aliphatic rings. The fraction of sp³-hybridized carbons (Fsp3) is 0.389. The molecule has 1 fully saturated rings. The van der Waals surface area contributed by atoms with Crippen LogP contribution < -0.4 is 10.1 Å². The molecule has 0 spiro atoms. The van der Waals surface area contributed by atoms with E-state index in [1.165, 1.54) is 0 Å². The van der Waals surface area contributed by atoms with Gasteiger partial charge >= 0.3 is 0 Å². The molecule has 1 N–H and O–H groups in total. The van der Waals surface area contributed by atoms with Crippen LogP contribution in [0.5, 0.6) is 5.75 Å². The second kappa shape index (κ2) is 8.36. The molecule has 1 aliphatic heterocycles. The molecule has 0 aliphatic carbocycles. The maximum atomic E-state index is 6.16. The summed E-state index contributed by atoms with van der Waals surface area (Å²) in [5.74, 6) is 1.43. The number of anilines is 2. The minimum atomic E-state index is 0.0616. The van der Waals surface area contributed by atoms with E-state index in [9.17, 15) is 0 Å². The van der Waals surface area contributed by atoms with Crippen LogP contribution in [0, 0.1) is 6.92 Å². The average Bonchev–Trinajstić information content (AvgIpc) is 2.57. The molecule has 0 saturated carbocycles. The van der Waals surface area contributed by atoms with Crippen molar-refractivity contribution >= 4 is 39.0 Å². The standard InChI is InChI=1S/C18H21BrClN3O2/c1-12-7-15(19)18(21-9-12)22-16-8-13(20)3-4-17(16)25-11-14-10-23(2)5-6-24-14/h3-4,7-9,14H,5-6,10-11H2,1-2H3,(H,21,22). The molecular weight excluding hydrogens is 406 g/mol. The molecule has 0 radical (unpaired) electrons. The molecule has 25 heavy (non-hydrogen) atoms. The van der Waals surface area contributed by atoms with Crippen molar-refractivity contribution in [2.45, 2.75) is 13.0 Å². The lowest BCUT2D eigenvalue weighted by molar-refractivity contribution is -0.0402. The minimum Gasteiger partial charge on any atom is -0.489 e. The molecule has 1 aromatic carbocycles. The van der Waals surface area contributed by atoms with Gasteiger partial charge in [-0.15, -0.1) is 0 Å². The van der Waals surface area contributed by atoms with E-state index in [1.54, 1.807) is 0 Å². The number of likely N-dealkylation sites (N-methyl/N-ethyl adjacent to an activating group) is 1. The Labute approximate surface area is 161 Å². The Morgan fingerprint density at radius 1 is 1.44 bits per heavy atom. The quantitative estimate of drug-likeness (QED) is 0.774. The van der Waals surface area contributed by atoms with Crippen molar-refractivity contribution in [1.82, 2.24) is 9.88 Å². The molecule has 7 heteroatoms. The van der Waals surface area contributed by atoms with Gasteiger partial charge < -0.3 is 19.7 Å². The molecule has 1 unspecified atom stereocenters. The number of hydrogen-bond acceptors (Lipinski definition) is 5. The lowest BCUT2D eigenvalue weighted by atomic mass is 10.2. The molecule has 0 amide bonds. The SMILES string of the molecule is Cc1cnc(Nc2cc(Cl)ccc2OCC2CN(C)CCO2)c(Br)c1. The Morgan fingerprint density at radius 3 is 3.04 bits per heavy atom. The topological polar surface area (TPSA) is 46.6 Å². The molecule has 2 heterocycles. The van der Waals surface area contributed by atoms with E-state index in [1.807, 2.05) is 37.4 Å². The van der Waals surface area contributed by atoms with Gasteiger partial charge in [-0.1, -0.05) is 11.6 Å². The highest BCUT2D eigenvalue weighted by Crippen LogP contribution is 2.33. The summed E-state index contributed by atoms with van der Waals surface area (Å²) < 4.78 is 12.6. The van der Waals surface area contributed by atoms with E-state index in [0.717, 1.165) is 41.2 Å². The van der Waals surface area contributed by atoms with Crippen molar-refractivity contribution in [2.24, 2.45) is 0 Å². The van der Waals surface area contributed by atoms with Crippen LogP contribution >= 0.6 is 27.5 Å². The normalized spacial score (nSPS) is 18.2. The zero-order chi connectivity index (χ0) is 17.8. The third kappa shape index (κ3) is 5.07. The number of rotatable bonds is 5. The Morgan fingerprint density at radius 2 is 2.28 bits per heavy atom. The number of pyridine rings is 1. The molecule has 3 rings (SSSR count). The van der Waals surface area contributed by atoms with Crippen molar-refractivity contribution < 1.29 is 9.47 Å². The zero-order valence-electron chi connectivity index (χ0n) is 14.3. The number of aromatic nitrogens is 1. The number of aryl methyl sites for hydroxylation is 1. The molecule has 1 aromatic heterocycles. The molecule has 1 saturated heterocycles. The van der Waals surface area contributed by atoms with E-state index in [0.29, 0.717) is 17.4 Å². The monoisotopic (exact) mass is 425 g/mol. The van der Waals surface area contributed by atoms with Gasteiger partial charge in [0, 0.05) is 24.3 Å². The molecule has 0 bridgehead atoms. The van der Waals surface area contributed by atoms with Crippen molar-refractivity contribution in [1.29, 1.82) is 0 Å². The summed E-state index contributed by atoms with van der Waals surface area (Å²) in [6.45, 7) is 5.04. The number of halogens is 2. The highest BCUT2D eigenvalue weighted by Gasteiger charge is 2.19. The smallest absolute Gasteiger partial charge is 0.144 e. The Kier molecular flexibility index (Phi) is 6.17. The van der Waals surface area contributed by atoms with Crippen molar-refractivity contribution in [2.75, 3.05) is 38.7 Å². The number of benzene rings is 1. The van der Waals surface area contributed by atoms with E-state index < -0.39 is 0 Å². The first kappa shape index (κ1) is 18.5. The molecule has 134 valence electrons. The maximum Gasteiger partial charge on any atom is 0.144 e. The van der Waals surface area contributed by atoms with Crippen molar-refractivity contribution in [3.8, 4) is 5.75 Å². The molecule has 2 aromatic rings. The summed E-state index contributed by atoms with van der Waals surface area (Å²) in [4.78, 5) is 6.66. The largest absolute Gasteiger partial charge is 0.489 e. The van der Waals surface area contributed by atoms with E-state index >= 15 is 0 Å². The summed E-state index contributed by atoms with van der Waals surface area (Å²) in [7, 11) is 2.09. The number of nitrogens with one attached hydrogen (secondary N) is 1.